The molecule has 1 amide bonds. The van der Waals surface area contributed by atoms with E-state index in [0.29, 0.717) is 42.7 Å². The largest absolute Gasteiger partial charge is 0.419 e. The van der Waals surface area contributed by atoms with E-state index < -0.39 is 35.0 Å². The third kappa shape index (κ3) is 4.10. The molecule has 8 nitrogen and oxygen atoms in total. The Morgan fingerprint density at radius 1 is 1.22 bits per heavy atom. The summed E-state index contributed by atoms with van der Waals surface area (Å²) in [7, 11) is 1.87. The number of carbonyl (C=O) groups is 1. The summed E-state index contributed by atoms with van der Waals surface area (Å²) in [5.74, 6) is -1.91. The fraction of sp³-hybridized carbons (Fsp3) is 0.417. The number of aromatic nitrogens is 4. The second kappa shape index (κ2) is 8.75. The van der Waals surface area contributed by atoms with Gasteiger partial charge in [-0.15, -0.1) is 0 Å². The van der Waals surface area contributed by atoms with Crippen molar-refractivity contribution in [3.05, 3.63) is 64.4 Å². The van der Waals surface area contributed by atoms with Crippen LogP contribution >= 0.6 is 0 Å². The lowest BCUT2D eigenvalue weighted by atomic mass is 9.76. The number of likely N-dealkylation sites (N-methyl/N-ethyl adjacent to an activating group) is 1. The summed E-state index contributed by atoms with van der Waals surface area (Å²) in [4.78, 5) is 26.1. The van der Waals surface area contributed by atoms with Crippen molar-refractivity contribution in [1.29, 1.82) is 0 Å². The minimum absolute atomic E-state index is 0.0342. The zero-order valence-corrected chi connectivity index (χ0v) is 20.2. The minimum atomic E-state index is -4.85. The molecule has 1 saturated heterocycles. The predicted molar refractivity (Wildman–Crippen MR) is 124 cm³/mol. The van der Waals surface area contributed by atoms with Gasteiger partial charge in [-0.3, -0.25) is 9.89 Å². The van der Waals surface area contributed by atoms with Gasteiger partial charge in [0.25, 0.3) is 0 Å². The monoisotopic (exact) mass is 521 g/mol. The van der Waals surface area contributed by atoms with Gasteiger partial charge in [-0.2, -0.15) is 22.7 Å². The summed E-state index contributed by atoms with van der Waals surface area (Å²) in [6.45, 7) is 3.99. The van der Waals surface area contributed by atoms with E-state index in [9.17, 15) is 26.7 Å². The van der Waals surface area contributed by atoms with E-state index >= 15 is 0 Å². The summed E-state index contributed by atoms with van der Waals surface area (Å²) in [6, 6.07) is 2.18. The number of fused-ring (bicyclic) bond motifs is 2. The Labute approximate surface area is 208 Å². The molecule has 2 aliphatic heterocycles. The van der Waals surface area contributed by atoms with Crippen molar-refractivity contribution in [2.24, 2.45) is 0 Å². The first-order valence-electron chi connectivity index (χ1n) is 11.6. The number of aryl methyl sites for hydroxylation is 1. The van der Waals surface area contributed by atoms with Crippen molar-refractivity contribution < 1.29 is 26.7 Å². The molecule has 1 aromatic carbocycles. The maximum atomic E-state index is 14.9. The lowest BCUT2D eigenvalue weighted by molar-refractivity contribution is -0.140. The van der Waals surface area contributed by atoms with Crippen molar-refractivity contribution in [2.45, 2.75) is 44.4 Å². The quantitative estimate of drug-likeness (QED) is 0.503. The van der Waals surface area contributed by atoms with Crippen LogP contribution in [0.25, 0.3) is 0 Å². The average molecular weight is 521 g/mol. The maximum Gasteiger partial charge on any atom is 0.419 e. The van der Waals surface area contributed by atoms with Gasteiger partial charge < -0.3 is 15.1 Å². The number of alkyl halides is 3. The van der Waals surface area contributed by atoms with E-state index in [1.54, 1.807) is 6.92 Å². The highest BCUT2D eigenvalue weighted by Gasteiger charge is 2.54. The first kappa shape index (κ1) is 25.1. The normalized spacial score (nSPS) is 21.0. The number of carbonyl (C=O) groups excluding carboxylic acids is 1. The van der Waals surface area contributed by atoms with Gasteiger partial charge in [-0.1, -0.05) is 12.1 Å². The van der Waals surface area contributed by atoms with E-state index in [-0.39, 0.29) is 29.5 Å². The van der Waals surface area contributed by atoms with Crippen LogP contribution in [0.4, 0.5) is 33.5 Å². The molecule has 1 spiro atoms. The topological polar surface area (TPSA) is 90.0 Å². The zero-order chi connectivity index (χ0) is 26.7. The van der Waals surface area contributed by atoms with Gasteiger partial charge in [-0.25, -0.2) is 14.4 Å². The fourth-order valence-electron chi connectivity index (χ4n) is 5.25. The summed E-state index contributed by atoms with van der Waals surface area (Å²) in [5.41, 5.74) is -1.71. The Kier molecular flexibility index (Phi) is 5.93. The number of hydrogen-bond acceptors (Lipinski definition) is 6. The number of halogens is 5. The van der Waals surface area contributed by atoms with Crippen LogP contribution in [0.2, 0.25) is 0 Å². The number of rotatable bonds is 4. The van der Waals surface area contributed by atoms with Crippen LogP contribution in [-0.2, 0) is 22.9 Å². The summed E-state index contributed by atoms with van der Waals surface area (Å²) in [6.07, 6.45) is -3.20. The van der Waals surface area contributed by atoms with Gasteiger partial charge in [0.1, 0.15) is 28.6 Å². The van der Waals surface area contributed by atoms with E-state index in [1.165, 1.54) is 24.1 Å². The number of H-pyrrole nitrogens is 1. The van der Waals surface area contributed by atoms with Crippen LogP contribution in [-0.4, -0.2) is 51.1 Å². The van der Waals surface area contributed by atoms with Gasteiger partial charge in [0.15, 0.2) is 0 Å². The van der Waals surface area contributed by atoms with E-state index in [0.717, 1.165) is 6.07 Å². The van der Waals surface area contributed by atoms with Crippen molar-refractivity contribution in [1.82, 2.24) is 25.1 Å². The number of amides is 1. The Morgan fingerprint density at radius 3 is 2.59 bits per heavy atom. The Morgan fingerprint density at radius 2 is 1.97 bits per heavy atom. The Bertz CT molecular complexity index is 1370. The van der Waals surface area contributed by atoms with Crippen molar-refractivity contribution >= 4 is 17.4 Å². The first-order valence-corrected chi connectivity index (χ1v) is 11.6. The number of anilines is 2. The van der Waals surface area contributed by atoms with Crippen LogP contribution < -0.4 is 10.2 Å². The summed E-state index contributed by atoms with van der Waals surface area (Å²) >= 11 is 0. The number of hydrogen-bond donors (Lipinski definition) is 2. The third-order valence-corrected chi connectivity index (χ3v) is 7.02. The highest BCUT2D eigenvalue weighted by molar-refractivity contribution is 6.03. The first-order chi connectivity index (χ1) is 17.4. The number of benzene rings is 1. The molecule has 2 aliphatic rings. The van der Waals surface area contributed by atoms with E-state index in [1.807, 2.05) is 11.9 Å². The molecule has 0 aliphatic carbocycles. The molecule has 0 bridgehead atoms. The van der Waals surface area contributed by atoms with Crippen LogP contribution in [0.3, 0.4) is 0 Å². The Hall–Kier alpha value is -3.61. The van der Waals surface area contributed by atoms with Gasteiger partial charge in [0.2, 0.25) is 11.9 Å². The van der Waals surface area contributed by atoms with Crippen molar-refractivity contribution in [3.8, 4) is 0 Å². The van der Waals surface area contributed by atoms with Gasteiger partial charge in [-0.05, 0) is 39.9 Å². The van der Waals surface area contributed by atoms with Gasteiger partial charge in [0, 0.05) is 17.7 Å². The SMILES string of the molecule is Cc1nc(N[C@H](C)c2cccc(C(F)(F)F)c2F)c2c(n1)C1(CCN(C)C1)C(=O)N(c1cn[nH]c1F)C2. The number of aromatic amines is 1. The highest BCUT2D eigenvalue weighted by Crippen LogP contribution is 2.44. The highest BCUT2D eigenvalue weighted by atomic mass is 19.4. The average Bonchev–Trinajstić information content (AvgIpc) is 3.42. The molecule has 2 atom stereocenters. The molecule has 0 radical (unpaired) electrons. The molecule has 5 rings (SSSR count). The number of likely N-dealkylation sites (tertiary alicyclic amines) is 1. The zero-order valence-electron chi connectivity index (χ0n) is 20.2. The second-order valence-electron chi connectivity index (χ2n) is 9.55. The predicted octanol–water partition coefficient (Wildman–Crippen LogP) is 4.10. The van der Waals surface area contributed by atoms with Crippen molar-refractivity contribution in [2.75, 3.05) is 30.4 Å². The molecular formula is C24H24F5N7O. The molecule has 13 heteroatoms. The van der Waals surface area contributed by atoms with Crippen LogP contribution in [0.15, 0.2) is 24.4 Å². The molecular weight excluding hydrogens is 497 g/mol. The molecule has 2 N–H and O–H groups in total. The van der Waals surface area contributed by atoms with Crippen LogP contribution in [0.5, 0.6) is 0 Å². The fourth-order valence-corrected chi connectivity index (χ4v) is 5.25. The standard InChI is InChI=1S/C24H24F5N7O/c1-12(14-5-4-6-16(18(14)25)24(27,28)29)31-21-15-10-36(17-9-30-34-20(17)26)22(37)23(7-8-35(3)11-23)19(15)32-13(2)33-21/h4-6,9,12H,7-8,10-11H2,1-3H3,(H,30,34)(H,31,32,33)/t12-,23?/m1/s1. The van der Waals surface area contributed by atoms with Gasteiger partial charge >= 0.3 is 6.18 Å². The molecule has 1 unspecified atom stereocenters. The Balaban J connectivity index is 1.61. The smallest absolute Gasteiger partial charge is 0.363 e. The third-order valence-electron chi connectivity index (χ3n) is 7.02. The number of nitrogens with one attached hydrogen (secondary N) is 2. The number of nitrogens with zero attached hydrogens (tertiary/aromatic N) is 5. The minimum Gasteiger partial charge on any atom is -0.363 e. The van der Waals surface area contributed by atoms with Crippen LogP contribution in [0.1, 0.15) is 47.6 Å². The molecule has 2 aromatic heterocycles. The maximum absolute atomic E-state index is 14.9. The van der Waals surface area contributed by atoms with Crippen LogP contribution in [0, 0.1) is 18.7 Å². The lowest BCUT2D eigenvalue weighted by Gasteiger charge is -2.40. The van der Waals surface area contributed by atoms with Crippen molar-refractivity contribution in [3.63, 3.8) is 0 Å². The van der Waals surface area contributed by atoms with Gasteiger partial charge in [0.05, 0.1) is 30.0 Å². The molecule has 0 saturated carbocycles. The molecule has 1 fully saturated rings. The lowest BCUT2D eigenvalue weighted by Crippen LogP contribution is -2.53. The second-order valence-corrected chi connectivity index (χ2v) is 9.55. The summed E-state index contributed by atoms with van der Waals surface area (Å²) in [5, 5.41) is 8.93. The molecule has 37 heavy (non-hydrogen) atoms. The van der Waals surface area contributed by atoms with E-state index in [4.69, 9.17) is 0 Å². The molecule has 3 aromatic rings. The summed E-state index contributed by atoms with van der Waals surface area (Å²) < 4.78 is 69.2. The van der Waals surface area contributed by atoms with E-state index in [2.05, 4.69) is 25.5 Å². The molecule has 196 valence electrons. The molecule has 4 heterocycles.